The zero-order valence-corrected chi connectivity index (χ0v) is 10.1. The van der Waals surface area contributed by atoms with Gasteiger partial charge in [-0.25, -0.2) is 0 Å². The molecular formula is C9H17N3O2S. The van der Waals surface area contributed by atoms with E-state index in [0.717, 1.165) is 18.2 Å². The Morgan fingerprint density at radius 3 is 2.87 bits per heavy atom. The maximum Gasteiger partial charge on any atom is 0.197 e. The van der Waals surface area contributed by atoms with E-state index in [4.69, 9.17) is 15.2 Å². The summed E-state index contributed by atoms with van der Waals surface area (Å²) in [5.74, 6) is 1.50. The van der Waals surface area contributed by atoms with Gasteiger partial charge in [0.2, 0.25) is 0 Å². The van der Waals surface area contributed by atoms with Gasteiger partial charge in [-0.1, -0.05) is 6.92 Å². The van der Waals surface area contributed by atoms with E-state index < -0.39 is 0 Å². The van der Waals surface area contributed by atoms with Crippen molar-refractivity contribution in [1.29, 1.82) is 0 Å². The summed E-state index contributed by atoms with van der Waals surface area (Å²) in [5.41, 5.74) is 5.63. The standard InChI is InChI=1S/C9H17N3O2S/c1-6(5-13-2)4-11-9-7(14-3)8(10)12-15-9/h6,11H,4-5H2,1-3H3,(H2,10,12). The second-order valence-corrected chi connectivity index (χ2v) is 4.14. The maximum atomic E-state index is 5.63. The van der Waals surface area contributed by atoms with Crippen molar-refractivity contribution >= 4 is 22.4 Å². The topological polar surface area (TPSA) is 69.4 Å². The Labute approximate surface area is 93.7 Å². The second-order valence-electron chi connectivity index (χ2n) is 3.37. The minimum atomic E-state index is 0.433. The minimum Gasteiger partial charge on any atom is -0.490 e. The van der Waals surface area contributed by atoms with Gasteiger partial charge in [0.05, 0.1) is 13.7 Å². The van der Waals surface area contributed by atoms with Crippen molar-refractivity contribution in [2.75, 3.05) is 38.4 Å². The number of nitrogen functional groups attached to an aromatic ring is 1. The Morgan fingerprint density at radius 1 is 1.53 bits per heavy atom. The zero-order valence-electron chi connectivity index (χ0n) is 9.24. The molecule has 1 aromatic rings. The number of hydrogen-bond donors (Lipinski definition) is 2. The molecule has 0 saturated carbocycles. The summed E-state index contributed by atoms with van der Waals surface area (Å²) >= 11 is 1.31. The molecule has 0 aromatic carbocycles. The third-order valence-electron chi connectivity index (χ3n) is 1.94. The summed E-state index contributed by atoms with van der Waals surface area (Å²) in [6.45, 7) is 3.64. The lowest BCUT2D eigenvalue weighted by molar-refractivity contribution is 0.164. The SMILES string of the molecule is COCC(C)CNc1snc(N)c1OC. The van der Waals surface area contributed by atoms with Crippen LogP contribution in [0.1, 0.15) is 6.92 Å². The van der Waals surface area contributed by atoms with Gasteiger partial charge in [0, 0.05) is 13.7 Å². The number of rotatable bonds is 6. The molecule has 1 aromatic heterocycles. The summed E-state index contributed by atoms with van der Waals surface area (Å²) in [4.78, 5) is 0. The summed E-state index contributed by atoms with van der Waals surface area (Å²) in [7, 11) is 3.28. The first kappa shape index (κ1) is 12.1. The molecule has 0 aliphatic carbocycles. The molecule has 1 atom stereocenters. The van der Waals surface area contributed by atoms with Crippen LogP contribution in [-0.4, -0.2) is 31.7 Å². The van der Waals surface area contributed by atoms with Crippen molar-refractivity contribution in [3.63, 3.8) is 0 Å². The molecule has 0 spiro atoms. The first-order valence-corrected chi connectivity index (χ1v) is 5.48. The van der Waals surface area contributed by atoms with E-state index in [2.05, 4.69) is 16.6 Å². The van der Waals surface area contributed by atoms with E-state index in [1.807, 2.05) is 0 Å². The smallest absolute Gasteiger partial charge is 0.197 e. The van der Waals surface area contributed by atoms with Gasteiger partial charge >= 0.3 is 0 Å². The molecule has 0 bridgehead atoms. The first-order chi connectivity index (χ1) is 7.19. The number of anilines is 2. The van der Waals surface area contributed by atoms with Crippen molar-refractivity contribution in [3.05, 3.63) is 0 Å². The molecule has 0 radical (unpaired) electrons. The van der Waals surface area contributed by atoms with E-state index in [1.54, 1.807) is 14.2 Å². The summed E-state index contributed by atoms with van der Waals surface area (Å²) in [5, 5.41) is 4.11. The molecule has 1 heterocycles. The van der Waals surface area contributed by atoms with Gasteiger partial charge in [-0.2, -0.15) is 4.37 Å². The number of aromatic nitrogens is 1. The molecule has 15 heavy (non-hydrogen) atoms. The molecule has 0 fully saturated rings. The molecule has 0 saturated heterocycles. The normalized spacial score (nSPS) is 12.5. The van der Waals surface area contributed by atoms with Crippen molar-refractivity contribution in [2.24, 2.45) is 5.92 Å². The molecule has 0 aliphatic heterocycles. The van der Waals surface area contributed by atoms with Crippen LogP contribution in [-0.2, 0) is 4.74 Å². The van der Waals surface area contributed by atoms with Crippen molar-refractivity contribution < 1.29 is 9.47 Å². The van der Waals surface area contributed by atoms with Crippen LogP contribution in [0.15, 0.2) is 0 Å². The highest BCUT2D eigenvalue weighted by molar-refractivity contribution is 7.11. The fourth-order valence-corrected chi connectivity index (χ4v) is 1.91. The Hall–Kier alpha value is -1.01. The molecule has 1 unspecified atom stereocenters. The van der Waals surface area contributed by atoms with Crippen molar-refractivity contribution in [3.8, 4) is 5.75 Å². The van der Waals surface area contributed by atoms with Gasteiger partial charge in [0.25, 0.3) is 0 Å². The fourth-order valence-electron chi connectivity index (χ4n) is 1.21. The van der Waals surface area contributed by atoms with Gasteiger partial charge in [-0.05, 0) is 17.5 Å². The average Bonchev–Trinajstić information content (AvgIpc) is 2.56. The van der Waals surface area contributed by atoms with Crippen LogP contribution in [0, 0.1) is 5.92 Å². The third kappa shape index (κ3) is 3.24. The maximum absolute atomic E-state index is 5.63. The van der Waals surface area contributed by atoms with Gasteiger partial charge in [-0.3, -0.25) is 0 Å². The van der Waals surface area contributed by atoms with E-state index in [0.29, 0.717) is 17.5 Å². The van der Waals surface area contributed by atoms with Crippen LogP contribution in [0.2, 0.25) is 0 Å². The van der Waals surface area contributed by atoms with Gasteiger partial charge < -0.3 is 20.5 Å². The molecule has 3 N–H and O–H groups in total. The number of nitrogens with one attached hydrogen (secondary N) is 1. The van der Waals surface area contributed by atoms with E-state index in [1.165, 1.54) is 11.5 Å². The van der Waals surface area contributed by atoms with Crippen LogP contribution in [0.3, 0.4) is 0 Å². The molecule has 0 aliphatic rings. The fraction of sp³-hybridized carbons (Fsp3) is 0.667. The number of ether oxygens (including phenoxy) is 2. The molecule has 5 nitrogen and oxygen atoms in total. The third-order valence-corrected chi connectivity index (χ3v) is 2.74. The molecule has 86 valence electrons. The highest BCUT2D eigenvalue weighted by atomic mass is 32.1. The predicted octanol–water partition coefficient (Wildman–Crippen LogP) is 1.43. The zero-order chi connectivity index (χ0) is 11.3. The number of hydrogen-bond acceptors (Lipinski definition) is 6. The van der Waals surface area contributed by atoms with Crippen molar-refractivity contribution in [2.45, 2.75) is 6.92 Å². The van der Waals surface area contributed by atoms with Crippen LogP contribution in [0.5, 0.6) is 5.75 Å². The monoisotopic (exact) mass is 231 g/mol. The molecule has 6 heteroatoms. The number of nitrogens with two attached hydrogens (primary N) is 1. The highest BCUT2D eigenvalue weighted by Crippen LogP contribution is 2.34. The number of nitrogens with zero attached hydrogens (tertiary/aromatic N) is 1. The van der Waals surface area contributed by atoms with Crippen LogP contribution in [0.25, 0.3) is 0 Å². The molecular weight excluding hydrogens is 214 g/mol. The Bertz CT molecular complexity index is 304. The summed E-state index contributed by atoms with van der Waals surface area (Å²) in [6, 6.07) is 0. The first-order valence-electron chi connectivity index (χ1n) is 4.71. The predicted molar refractivity (Wildman–Crippen MR) is 62.6 cm³/mol. The lowest BCUT2D eigenvalue weighted by atomic mass is 10.2. The van der Waals surface area contributed by atoms with E-state index in [9.17, 15) is 0 Å². The highest BCUT2D eigenvalue weighted by Gasteiger charge is 2.12. The van der Waals surface area contributed by atoms with Crippen LogP contribution >= 0.6 is 11.5 Å². The van der Waals surface area contributed by atoms with E-state index in [-0.39, 0.29) is 0 Å². The van der Waals surface area contributed by atoms with Gasteiger partial charge in [-0.15, -0.1) is 0 Å². The Kier molecular flexibility index (Phi) is 4.64. The molecule has 1 rings (SSSR count). The van der Waals surface area contributed by atoms with Crippen molar-refractivity contribution in [1.82, 2.24) is 4.37 Å². The Morgan fingerprint density at radius 2 is 2.27 bits per heavy atom. The summed E-state index contributed by atoms with van der Waals surface area (Å²) in [6.07, 6.45) is 0. The van der Waals surface area contributed by atoms with E-state index >= 15 is 0 Å². The van der Waals surface area contributed by atoms with Crippen LogP contribution < -0.4 is 15.8 Å². The van der Waals surface area contributed by atoms with Gasteiger partial charge in [0.1, 0.15) is 0 Å². The minimum absolute atomic E-state index is 0.433. The Balaban J connectivity index is 2.50. The lowest BCUT2D eigenvalue weighted by Gasteiger charge is -2.11. The largest absolute Gasteiger partial charge is 0.490 e. The van der Waals surface area contributed by atoms with Crippen LogP contribution in [0.4, 0.5) is 10.8 Å². The average molecular weight is 231 g/mol. The van der Waals surface area contributed by atoms with Gasteiger partial charge in [0.15, 0.2) is 16.6 Å². The second kappa shape index (κ2) is 5.77. The lowest BCUT2D eigenvalue weighted by Crippen LogP contribution is -2.15. The summed E-state index contributed by atoms with van der Waals surface area (Å²) < 4.78 is 14.2. The molecule has 0 amide bonds. The quantitative estimate of drug-likeness (QED) is 0.775. The number of methoxy groups -OCH3 is 2.